The fourth-order valence-corrected chi connectivity index (χ4v) is 2.87. The number of nitrogens with one attached hydrogen (secondary N) is 1. The van der Waals surface area contributed by atoms with Crippen LogP contribution in [0.1, 0.15) is 58.1 Å². The number of unbranched alkanes of at least 4 members (excludes halogenated alkanes) is 1. The number of rotatable bonds is 8. The standard InChI is InChI=1S/C16H28N4.Y/c1-4-6-7-20-10-16(19-12-20)14(5-2)8-13(3)15-9-17-11-18-15;/h10-15H,4-9H2,1-3H3,(H,17,18);. The van der Waals surface area contributed by atoms with Crippen LogP contribution in [-0.4, -0.2) is 28.5 Å². The molecule has 1 aliphatic heterocycles. The van der Waals surface area contributed by atoms with Gasteiger partial charge in [0.25, 0.3) is 0 Å². The van der Waals surface area contributed by atoms with Crippen LogP contribution in [0.3, 0.4) is 0 Å². The van der Waals surface area contributed by atoms with Gasteiger partial charge in [-0.15, -0.1) is 0 Å². The zero-order valence-corrected chi connectivity index (χ0v) is 16.5. The second kappa shape index (κ2) is 9.73. The first-order chi connectivity index (χ1) is 9.74. The largest absolute Gasteiger partial charge is 0.372 e. The molecular weight excluding hydrogens is 337 g/mol. The summed E-state index contributed by atoms with van der Waals surface area (Å²) in [5.41, 5.74) is 1.26. The molecule has 1 aromatic rings. The third kappa shape index (κ3) is 5.48. The fourth-order valence-electron chi connectivity index (χ4n) is 2.87. The number of aromatic nitrogens is 2. The van der Waals surface area contributed by atoms with E-state index in [0.29, 0.717) is 17.9 Å². The van der Waals surface area contributed by atoms with Crippen molar-refractivity contribution < 1.29 is 32.7 Å². The molecule has 0 bridgehead atoms. The average Bonchev–Trinajstić information content (AvgIpc) is 3.13. The van der Waals surface area contributed by atoms with Crippen LogP contribution >= 0.6 is 0 Å². The summed E-state index contributed by atoms with van der Waals surface area (Å²) in [7, 11) is 0. The molecule has 0 fully saturated rings. The monoisotopic (exact) mass is 365 g/mol. The minimum atomic E-state index is 0. The molecule has 5 heteroatoms. The summed E-state index contributed by atoms with van der Waals surface area (Å²) in [6, 6.07) is 0.506. The number of aryl methyl sites for hydroxylation is 1. The number of hydrogen-bond donors (Lipinski definition) is 1. The van der Waals surface area contributed by atoms with Gasteiger partial charge in [0, 0.05) is 57.4 Å². The van der Waals surface area contributed by atoms with Crippen LogP contribution in [0.2, 0.25) is 0 Å². The zero-order chi connectivity index (χ0) is 14.4. The van der Waals surface area contributed by atoms with Gasteiger partial charge in [-0.1, -0.05) is 27.2 Å². The third-order valence-electron chi connectivity index (χ3n) is 4.36. The number of imidazole rings is 1. The summed E-state index contributed by atoms with van der Waals surface area (Å²) < 4.78 is 2.24. The van der Waals surface area contributed by atoms with Gasteiger partial charge in [-0.25, -0.2) is 4.98 Å². The molecule has 1 N–H and O–H groups in total. The molecule has 3 unspecified atom stereocenters. The summed E-state index contributed by atoms with van der Waals surface area (Å²) in [6.07, 6.45) is 10.9. The molecule has 0 spiro atoms. The van der Waals surface area contributed by atoms with Gasteiger partial charge in [-0.05, 0) is 25.2 Å². The van der Waals surface area contributed by atoms with Gasteiger partial charge < -0.3 is 9.88 Å². The van der Waals surface area contributed by atoms with Crippen molar-refractivity contribution in [2.24, 2.45) is 10.9 Å². The number of hydrogen-bond acceptors (Lipinski definition) is 3. The molecule has 1 radical (unpaired) electrons. The van der Waals surface area contributed by atoms with E-state index in [1.807, 2.05) is 12.7 Å². The minimum absolute atomic E-state index is 0. The molecule has 1 aliphatic rings. The van der Waals surface area contributed by atoms with Gasteiger partial charge >= 0.3 is 0 Å². The summed E-state index contributed by atoms with van der Waals surface area (Å²) in [4.78, 5) is 8.90. The predicted octanol–water partition coefficient (Wildman–Crippen LogP) is 3.20. The Morgan fingerprint density at radius 1 is 1.43 bits per heavy atom. The van der Waals surface area contributed by atoms with Crippen LogP contribution in [0.15, 0.2) is 17.5 Å². The van der Waals surface area contributed by atoms with E-state index in [0.717, 1.165) is 19.5 Å². The van der Waals surface area contributed by atoms with Crippen molar-refractivity contribution in [2.75, 3.05) is 6.54 Å². The van der Waals surface area contributed by atoms with Gasteiger partial charge in [0.1, 0.15) is 0 Å². The van der Waals surface area contributed by atoms with Crippen LogP contribution < -0.4 is 5.32 Å². The van der Waals surface area contributed by atoms with Crippen molar-refractivity contribution in [1.29, 1.82) is 0 Å². The molecule has 0 saturated heterocycles. The van der Waals surface area contributed by atoms with E-state index in [1.54, 1.807) is 0 Å². The van der Waals surface area contributed by atoms with Crippen LogP contribution in [0, 0.1) is 5.92 Å². The molecule has 0 amide bonds. The third-order valence-corrected chi connectivity index (χ3v) is 4.36. The maximum atomic E-state index is 4.63. The first-order valence-electron chi connectivity index (χ1n) is 8.00. The van der Waals surface area contributed by atoms with Crippen molar-refractivity contribution >= 4 is 6.34 Å². The second-order valence-corrected chi connectivity index (χ2v) is 5.98. The summed E-state index contributed by atoms with van der Waals surface area (Å²) in [5, 5.41) is 3.35. The van der Waals surface area contributed by atoms with Crippen molar-refractivity contribution in [3.05, 3.63) is 18.2 Å². The van der Waals surface area contributed by atoms with Gasteiger partial charge in [-0.2, -0.15) is 0 Å². The van der Waals surface area contributed by atoms with Crippen LogP contribution in [0.25, 0.3) is 0 Å². The van der Waals surface area contributed by atoms with Gasteiger partial charge in [0.05, 0.1) is 24.9 Å². The van der Waals surface area contributed by atoms with Gasteiger partial charge in [0.15, 0.2) is 0 Å². The normalized spacial score (nSPS) is 19.9. The number of aliphatic imine (C=N–C) groups is 1. The molecule has 4 nitrogen and oxygen atoms in total. The van der Waals surface area contributed by atoms with E-state index in [4.69, 9.17) is 0 Å². The van der Waals surface area contributed by atoms with Gasteiger partial charge in [-0.3, -0.25) is 4.99 Å². The van der Waals surface area contributed by atoms with Crippen LogP contribution in [0.5, 0.6) is 0 Å². The first kappa shape index (κ1) is 18.8. The van der Waals surface area contributed by atoms with E-state index in [9.17, 15) is 0 Å². The molecular formula is C16H28N4Y. The summed E-state index contributed by atoms with van der Waals surface area (Å²) in [5.74, 6) is 1.19. The second-order valence-electron chi connectivity index (χ2n) is 5.98. The molecule has 3 atom stereocenters. The smallest absolute Gasteiger partial charge is 0.0949 e. The molecule has 2 rings (SSSR count). The topological polar surface area (TPSA) is 42.2 Å². The summed E-state index contributed by atoms with van der Waals surface area (Å²) in [6.45, 7) is 8.82. The Morgan fingerprint density at radius 2 is 2.24 bits per heavy atom. The quantitative estimate of drug-likeness (QED) is 0.769. The summed E-state index contributed by atoms with van der Waals surface area (Å²) >= 11 is 0. The minimum Gasteiger partial charge on any atom is -0.372 e. The van der Waals surface area contributed by atoms with Crippen LogP contribution in [-0.2, 0) is 39.3 Å². The fraction of sp³-hybridized carbons (Fsp3) is 0.750. The van der Waals surface area contributed by atoms with Crippen molar-refractivity contribution in [3.8, 4) is 0 Å². The molecule has 2 heterocycles. The Labute approximate surface area is 154 Å². The Hall–Kier alpha value is -0.216. The maximum Gasteiger partial charge on any atom is 0.0949 e. The van der Waals surface area contributed by atoms with Crippen molar-refractivity contribution in [3.63, 3.8) is 0 Å². The molecule has 0 aromatic carbocycles. The van der Waals surface area contributed by atoms with E-state index < -0.39 is 0 Å². The Balaban J connectivity index is 0.00000220. The molecule has 21 heavy (non-hydrogen) atoms. The zero-order valence-electron chi connectivity index (χ0n) is 13.6. The SMILES string of the molecule is CCCCn1cnc(C(CC)CC(C)C2CN=CN2)c1.[Y]. The molecule has 1 aromatic heterocycles. The molecule has 0 aliphatic carbocycles. The average molecular weight is 365 g/mol. The van der Waals surface area contributed by atoms with Crippen molar-refractivity contribution in [1.82, 2.24) is 14.9 Å². The Kier molecular flexibility index (Phi) is 8.73. The van der Waals surface area contributed by atoms with Crippen LogP contribution in [0.4, 0.5) is 0 Å². The predicted molar refractivity (Wildman–Crippen MR) is 84.2 cm³/mol. The van der Waals surface area contributed by atoms with E-state index in [1.165, 1.54) is 25.0 Å². The Morgan fingerprint density at radius 3 is 2.86 bits per heavy atom. The van der Waals surface area contributed by atoms with E-state index in [2.05, 4.69) is 46.8 Å². The maximum absolute atomic E-state index is 4.63. The number of nitrogens with zero attached hydrogens (tertiary/aromatic N) is 3. The Bertz CT molecular complexity index is 422. The van der Waals surface area contributed by atoms with Crippen molar-refractivity contribution in [2.45, 2.75) is 65.0 Å². The van der Waals surface area contributed by atoms with Gasteiger partial charge in [0.2, 0.25) is 0 Å². The first-order valence-corrected chi connectivity index (χ1v) is 8.00. The van der Waals surface area contributed by atoms with E-state index in [-0.39, 0.29) is 32.7 Å². The van der Waals surface area contributed by atoms with E-state index >= 15 is 0 Å². The molecule has 115 valence electrons. The molecule has 0 saturated carbocycles.